The highest BCUT2D eigenvalue weighted by Crippen LogP contribution is 2.32. The minimum atomic E-state index is -4.24. The molecule has 2 aromatic carbocycles. The standard InChI is InChI=1S/C28H34ClF5N6O2/c1-18-16-40(13-12-39(18)9-6-28(32,33)34)23-14-20(29)3-5-22(23)37-27(42)21-4-2-19(25(30)26(21)31)15-36-24(41)17-38-10-7-35-8-11-38/h2-5,14,18,35H,6-13,15-17H2,1H3,(H,36,41)(H,37,42)/t18-/m1/s1. The monoisotopic (exact) mass is 616 g/mol. The Kier molecular flexibility index (Phi) is 10.6. The van der Waals surface area contributed by atoms with Crippen LogP contribution in [0, 0.1) is 11.6 Å². The van der Waals surface area contributed by atoms with E-state index >= 15 is 4.39 Å². The molecule has 230 valence electrons. The highest BCUT2D eigenvalue weighted by atomic mass is 35.5. The Balaban J connectivity index is 1.40. The molecule has 0 radical (unpaired) electrons. The van der Waals surface area contributed by atoms with Gasteiger partial charge in [0.1, 0.15) is 0 Å². The number of amides is 2. The highest BCUT2D eigenvalue weighted by Gasteiger charge is 2.32. The van der Waals surface area contributed by atoms with Crippen molar-refractivity contribution in [2.75, 3.05) is 69.1 Å². The number of alkyl halides is 3. The van der Waals surface area contributed by atoms with Crippen molar-refractivity contribution >= 4 is 34.8 Å². The average molecular weight is 617 g/mol. The van der Waals surface area contributed by atoms with Crippen LogP contribution < -0.4 is 20.9 Å². The number of benzene rings is 2. The quantitative estimate of drug-likeness (QED) is 0.372. The number of halogens is 6. The van der Waals surface area contributed by atoms with Crippen LogP contribution in [0.2, 0.25) is 5.02 Å². The van der Waals surface area contributed by atoms with Crippen molar-refractivity contribution in [3.8, 4) is 0 Å². The van der Waals surface area contributed by atoms with Crippen LogP contribution in [0.4, 0.5) is 33.3 Å². The van der Waals surface area contributed by atoms with Gasteiger partial charge in [-0.2, -0.15) is 13.2 Å². The summed E-state index contributed by atoms with van der Waals surface area (Å²) in [4.78, 5) is 30.9. The van der Waals surface area contributed by atoms with Gasteiger partial charge in [-0.15, -0.1) is 0 Å². The van der Waals surface area contributed by atoms with E-state index in [0.717, 1.165) is 19.2 Å². The Bertz CT molecular complexity index is 1270. The molecule has 1 atom stereocenters. The van der Waals surface area contributed by atoms with Crippen LogP contribution in [-0.4, -0.2) is 92.7 Å². The van der Waals surface area contributed by atoms with E-state index in [9.17, 15) is 27.2 Å². The summed E-state index contributed by atoms with van der Waals surface area (Å²) in [6, 6.07) is 6.88. The Hall–Kier alpha value is -3.00. The summed E-state index contributed by atoms with van der Waals surface area (Å²) >= 11 is 6.20. The molecule has 2 aromatic rings. The van der Waals surface area contributed by atoms with E-state index in [1.54, 1.807) is 11.0 Å². The van der Waals surface area contributed by atoms with E-state index in [1.165, 1.54) is 18.2 Å². The molecular formula is C28H34ClF5N6O2. The van der Waals surface area contributed by atoms with E-state index in [2.05, 4.69) is 16.0 Å². The van der Waals surface area contributed by atoms with Crippen molar-refractivity contribution in [1.82, 2.24) is 20.4 Å². The Morgan fingerprint density at radius 2 is 1.79 bits per heavy atom. The lowest BCUT2D eigenvalue weighted by Gasteiger charge is -2.41. The van der Waals surface area contributed by atoms with Gasteiger partial charge in [0.25, 0.3) is 5.91 Å². The predicted octanol–water partition coefficient (Wildman–Crippen LogP) is 3.85. The van der Waals surface area contributed by atoms with Crippen LogP contribution in [0.5, 0.6) is 0 Å². The molecule has 0 unspecified atom stereocenters. The van der Waals surface area contributed by atoms with Crippen LogP contribution in [-0.2, 0) is 11.3 Å². The molecule has 2 heterocycles. The molecule has 3 N–H and O–H groups in total. The van der Waals surface area contributed by atoms with E-state index in [-0.39, 0.29) is 37.1 Å². The Morgan fingerprint density at radius 3 is 2.48 bits per heavy atom. The second-order valence-electron chi connectivity index (χ2n) is 10.5. The summed E-state index contributed by atoms with van der Waals surface area (Å²) in [5.74, 6) is -3.78. The summed E-state index contributed by atoms with van der Waals surface area (Å²) < 4.78 is 68.0. The Labute approximate surface area is 246 Å². The smallest absolute Gasteiger partial charge is 0.367 e. The number of nitrogens with one attached hydrogen (secondary N) is 3. The van der Waals surface area contributed by atoms with Crippen molar-refractivity contribution in [3.63, 3.8) is 0 Å². The van der Waals surface area contributed by atoms with Crippen molar-refractivity contribution in [2.45, 2.75) is 32.1 Å². The fraction of sp³-hybridized carbons (Fsp3) is 0.500. The summed E-state index contributed by atoms with van der Waals surface area (Å²) in [6.45, 7) is 5.72. The van der Waals surface area contributed by atoms with Gasteiger partial charge in [0.05, 0.1) is 29.9 Å². The summed E-state index contributed by atoms with van der Waals surface area (Å²) in [5.41, 5.74) is 0.198. The number of rotatable bonds is 9. The lowest BCUT2D eigenvalue weighted by Crippen LogP contribution is -2.52. The van der Waals surface area contributed by atoms with Crippen LogP contribution >= 0.6 is 11.6 Å². The molecule has 2 amide bonds. The zero-order valence-corrected chi connectivity index (χ0v) is 23.9. The van der Waals surface area contributed by atoms with Gasteiger partial charge in [-0.1, -0.05) is 17.7 Å². The maximum atomic E-state index is 15.0. The first-order valence-electron chi connectivity index (χ1n) is 13.7. The van der Waals surface area contributed by atoms with Crippen LogP contribution in [0.1, 0.15) is 29.3 Å². The van der Waals surface area contributed by atoms with Gasteiger partial charge in [0, 0.05) is 75.5 Å². The molecule has 2 aliphatic rings. The van der Waals surface area contributed by atoms with Gasteiger partial charge in [-0.3, -0.25) is 19.4 Å². The maximum absolute atomic E-state index is 15.0. The van der Waals surface area contributed by atoms with Crippen LogP contribution in [0.25, 0.3) is 0 Å². The van der Waals surface area contributed by atoms with Crippen molar-refractivity contribution in [2.24, 2.45) is 0 Å². The summed E-state index contributed by atoms with van der Waals surface area (Å²) in [7, 11) is 0. The molecular weight excluding hydrogens is 583 g/mol. The lowest BCUT2D eigenvalue weighted by atomic mass is 10.1. The van der Waals surface area contributed by atoms with Crippen LogP contribution in [0.15, 0.2) is 30.3 Å². The molecule has 2 aliphatic heterocycles. The second kappa shape index (κ2) is 14.0. The molecule has 4 rings (SSSR count). The van der Waals surface area contributed by atoms with Crippen molar-refractivity contribution in [1.29, 1.82) is 0 Å². The van der Waals surface area contributed by atoms with Gasteiger partial charge >= 0.3 is 6.18 Å². The normalized spacial score (nSPS) is 18.6. The number of hydrogen-bond donors (Lipinski definition) is 3. The largest absolute Gasteiger partial charge is 0.390 e. The first-order valence-corrected chi connectivity index (χ1v) is 14.1. The second-order valence-corrected chi connectivity index (χ2v) is 11.0. The fourth-order valence-corrected chi connectivity index (χ4v) is 5.27. The molecule has 0 saturated carbocycles. The number of carbonyl (C=O) groups is 2. The van der Waals surface area contributed by atoms with Crippen LogP contribution in [0.3, 0.4) is 0 Å². The number of hydrogen-bond acceptors (Lipinski definition) is 6. The lowest BCUT2D eigenvalue weighted by molar-refractivity contribution is -0.139. The number of piperazine rings is 2. The summed E-state index contributed by atoms with van der Waals surface area (Å²) in [5, 5.41) is 8.76. The van der Waals surface area contributed by atoms with E-state index < -0.39 is 35.7 Å². The first kappa shape index (κ1) is 31.9. The Morgan fingerprint density at radius 1 is 1.05 bits per heavy atom. The zero-order chi connectivity index (χ0) is 30.4. The van der Waals surface area contributed by atoms with Gasteiger partial charge < -0.3 is 20.9 Å². The summed E-state index contributed by atoms with van der Waals surface area (Å²) in [6.07, 6.45) is -5.15. The molecule has 14 heteroatoms. The fourth-order valence-electron chi connectivity index (χ4n) is 5.10. The average Bonchev–Trinajstić information content (AvgIpc) is 2.94. The van der Waals surface area contributed by atoms with Gasteiger partial charge in [-0.25, -0.2) is 8.78 Å². The molecule has 2 saturated heterocycles. The minimum absolute atomic E-state index is 0.0951. The number of carbonyl (C=O) groups excluding carboxylic acids is 2. The molecule has 0 bridgehead atoms. The first-order chi connectivity index (χ1) is 19.9. The maximum Gasteiger partial charge on any atom is 0.390 e. The minimum Gasteiger partial charge on any atom is -0.367 e. The molecule has 2 fully saturated rings. The third-order valence-corrected chi connectivity index (χ3v) is 7.69. The predicted molar refractivity (Wildman–Crippen MR) is 151 cm³/mol. The van der Waals surface area contributed by atoms with E-state index in [1.807, 2.05) is 16.7 Å². The van der Waals surface area contributed by atoms with Gasteiger partial charge in [0.15, 0.2) is 11.6 Å². The number of nitrogens with zero attached hydrogens (tertiary/aromatic N) is 3. The highest BCUT2D eigenvalue weighted by molar-refractivity contribution is 6.31. The number of anilines is 2. The molecule has 8 nitrogen and oxygen atoms in total. The topological polar surface area (TPSA) is 80.0 Å². The molecule has 0 aromatic heterocycles. The van der Waals surface area contributed by atoms with E-state index in [4.69, 9.17) is 11.6 Å². The third kappa shape index (κ3) is 8.52. The van der Waals surface area contributed by atoms with Crippen molar-refractivity contribution < 1.29 is 31.5 Å². The van der Waals surface area contributed by atoms with Gasteiger partial charge in [-0.05, 0) is 31.2 Å². The molecule has 42 heavy (non-hydrogen) atoms. The van der Waals surface area contributed by atoms with Gasteiger partial charge in [0.2, 0.25) is 5.91 Å². The van der Waals surface area contributed by atoms with Crippen molar-refractivity contribution in [3.05, 3.63) is 58.1 Å². The third-order valence-electron chi connectivity index (χ3n) is 7.46. The molecule has 0 spiro atoms. The SMILES string of the molecule is C[C@@H]1CN(c2cc(Cl)ccc2NC(=O)c2ccc(CNC(=O)CN3CCNCC3)c(F)c2F)CCN1CCC(F)(F)F. The zero-order valence-electron chi connectivity index (χ0n) is 23.2. The molecule has 0 aliphatic carbocycles. The van der Waals surface area contributed by atoms with E-state index in [0.29, 0.717) is 49.1 Å².